The Hall–Kier alpha value is -3.15. The number of carbonyl (C=O) groups excluding carboxylic acids is 3. The summed E-state index contributed by atoms with van der Waals surface area (Å²) >= 11 is 0. The van der Waals surface area contributed by atoms with Crippen LogP contribution in [0.25, 0.3) is 0 Å². The summed E-state index contributed by atoms with van der Waals surface area (Å²) in [5, 5.41) is 2.65. The maximum Gasteiger partial charge on any atom is 0.408 e. The van der Waals surface area contributed by atoms with Crippen LogP contribution >= 0.6 is 0 Å². The second kappa shape index (κ2) is 8.49. The topological polar surface area (TPSA) is 75.7 Å². The van der Waals surface area contributed by atoms with Crippen LogP contribution in [0.4, 0.5) is 10.5 Å². The Kier molecular flexibility index (Phi) is 5.86. The molecular weight excluding hydrogens is 344 g/mol. The maximum atomic E-state index is 13.0. The van der Waals surface area contributed by atoms with E-state index in [2.05, 4.69) is 5.32 Å². The van der Waals surface area contributed by atoms with Gasteiger partial charge in [0.2, 0.25) is 5.91 Å². The summed E-state index contributed by atoms with van der Waals surface area (Å²) in [4.78, 5) is 38.2. The quantitative estimate of drug-likeness (QED) is 0.883. The fourth-order valence-electron chi connectivity index (χ4n) is 3.14. The summed E-state index contributed by atoms with van der Waals surface area (Å²) in [6.07, 6.45) is 0.427. The monoisotopic (exact) mass is 366 g/mol. The Balaban J connectivity index is 1.69. The van der Waals surface area contributed by atoms with Gasteiger partial charge in [-0.15, -0.1) is 0 Å². The van der Waals surface area contributed by atoms with Crippen LogP contribution in [-0.2, 0) is 27.4 Å². The predicted molar refractivity (Wildman–Crippen MR) is 101 cm³/mol. The summed E-state index contributed by atoms with van der Waals surface area (Å²) in [5.41, 5.74) is 2.57. The molecule has 2 amide bonds. The number of carbonyl (C=O) groups is 3. The number of hydrogen-bond donors (Lipinski definition) is 1. The van der Waals surface area contributed by atoms with Crippen LogP contribution in [0.15, 0.2) is 54.6 Å². The number of ether oxygens (including phenoxy) is 1. The van der Waals surface area contributed by atoms with E-state index in [9.17, 15) is 14.4 Å². The van der Waals surface area contributed by atoms with Crippen LogP contribution in [0.2, 0.25) is 0 Å². The highest BCUT2D eigenvalue weighted by Gasteiger charge is 2.32. The molecule has 1 aliphatic heterocycles. The van der Waals surface area contributed by atoms with Gasteiger partial charge in [0.15, 0.2) is 0 Å². The van der Waals surface area contributed by atoms with E-state index in [1.54, 1.807) is 0 Å². The number of anilines is 1. The van der Waals surface area contributed by atoms with Crippen molar-refractivity contribution in [1.29, 1.82) is 0 Å². The molecule has 0 bridgehead atoms. The van der Waals surface area contributed by atoms with E-state index in [1.165, 1.54) is 11.8 Å². The van der Waals surface area contributed by atoms with E-state index >= 15 is 0 Å². The molecule has 2 aromatic carbocycles. The fraction of sp³-hybridized carbons (Fsp3) is 0.286. The van der Waals surface area contributed by atoms with Crippen LogP contribution in [0.3, 0.4) is 0 Å². The molecule has 0 aliphatic carbocycles. The van der Waals surface area contributed by atoms with Crippen LogP contribution in [0.5, 0.6) is 0 Å². The molecule has 6 heteroatoms. The Morgan fingerprint density at radius 2 is 1.81 bits per heavy atom. The molecular formula is C21H22N2O4. The first kappa shape index (κ1) is 18.6. The van der Waals surface area contributed by atoms with Gasteiger partial charge in [-0.3, -0.25) is 9.59 Å². The molecule has 0 saturated carbocycles. The molecule has 1 unspecified atom stereocenters. The van der Waals surface area contributed by atoms with Gasteiger partial charge in [-0.1, -0.05) is 48.5 Å². The average Bonchev–Trinajstić information content (AvgIpc) is 2.79. The SMILES string of the molecule is CC(=O)CN1C(=O)C(NC(=O)OCc2ccccc2)CCc2ccccc21. The minimum Gasteiger partial charge on any atom is -0.445 e. The second-order valence-electron chi connectivity index (χ2n) is 6.55. The van der Waals surface area contributed by atoms with Crippen molar-refractivity contribution in [2.45, 2.75) is 32.4 Å². The van der Waals surface area contributed by atoms with Crippen molar-refractivity contribution in [2.75, 3.05) is 11.4 Å². The molecule has 0 fully saturated rings. The first-order valence-electron chi connectivity index (χ1n) is 8.90. The van der Waals surface area contributed by atoms with Gasteiger partial charge in [0.25, 0.3) is 0 Å². The summed E-state index contributed by atoms with van der Waals surface area (Å²) in [6, 6.07) is 16.1. The summed E-state index contributed by atoms with van der Waals surface area (Å²) < 4.78 is 5.23. The van der Waals surface area contributed by atoms with Crippen LogP contribution in [-0.4, -0.2) is 30.4 Å². The van der Waals surface area contributed by atoms with Crippen molar-refractivity contribution >= 4 is 23.5 Å². The van der Waals surface area contributed by atoms with Gasteiger partial charge in [0.1, 0.15) is 18.4 Å². The predicted octanol–water partition coefficient (Wildman–Crippen LogP) is 2.85. The highest BCUT2D eigenvalue weighted by atomic mass is 16.5. The van der Waals surface area contributed by atoms with Crippen molar-refractivity contribution in [2.24, 2.45) is 0 Å². The lowest BCUT2D eigenvalue weighted by molar-refractivity contribution is -0.123. The van der Waals surface area contributed by atoms with Gasteiger partial charge in [-0.05, 0) is 37.0 Å². The van der Waals surface area contributed by atoms with E-state index in [4.69, 9.17) is 4.74 Å². The second-order valence-corrected chi connectivity index (χ2v) is 6.55. The van der Waals surface area contributed by atoms with E-state index < -0.39 is 12.1 Å². The van der Waals surface area contributed by atoms with Crippen LogP contribution < -0.4 is 10.2 Å². The molecule has 1 aliphatic rings. The summed E-state index contributed by atoms with van der Waals surface area (Å²) in [6.45, 7) is 1.55. The lowest BCUT2D eigenvalue weighted by Gasteiger charge is -2.25. The summed E-state index contributed by atoms with van der Waals surface area (Å²) in [5.74, 6) is -0.419. The summed E-state index contributed by atoms with van der Waals surface area (Å²) in [7, 11) is 0. The number of amides is 2. The van der Waals surface area contributed by atoms with Gasteiger partial charge in [0.05, 0.1) is 6.54 Å². The van der Waals surface area contributed by atoms with Gasteiger partial charge in [0, 0.05) is 5.69 Å². The van der Waals surface area contributed by atoms with Crippen LogP contribution in [0, 0.1) is 0 Å². The molecule has 0 radical (unpaired) electrons. The number of nitrogens with zero attached hydrogens (tertiary/aromatic N) is 1. The zero-order valence-corrected chi connectivity index (χ0v) is 15.2. The first-order chi connectivity index (χ1) is 13.0. The molecule has 1 atom stereocenters. The molecule has 27 heavy (non-hydrogen) atoms. The zero-order valence-electron chi connectivity index (χ0n) is 15.2. The van der Waals surface area contributed by atoms with Crippen molar-refractivity contribution < 1.29 is 19.1 Å². The lowest BCUT2D eigenvalue weighted by Crippen LogP contribution is -2.49. The Bertz CT molecular complexity index is 835. The number of rotatable bonds is 5. The van der Waals surface area contributed by atoms with Gasteiger partial charge < -0.3 is 15.0 Å². The zero-order chi connectivity index (χ0) is 19.2. The molecule has 1 heterocycles. The number of ketones is 1. The maximum absolute atomic E-state index is 13.0. The molecule has 140 valence electrons. The molecule has 0 aromatic heterocycles. The third kappa shape index (κ3) is 4.73. The number of hydrogen-bond acceptors (Lipinski definition) is 4. The van der Waals surface area contributed by atoms with E-state index in [0.29, 0.717) is 12.8 Å². The number of aryl methyl sites for hydroxylation is 1. The van der Waals surface area contributed by atoms with Gasteiger partial charge in [-0.25, -0.2) is 4.79 Å². The number of para-hydroxylation sites is 1. The average molecular weight is 366 g/mol. The normalized spacial score (nSPS) is 16.3. The highest BCUT2D eigenvalue weighted by molar-refractivity contribution is 6.03. The van der Waals surface area contributed by atoms with Gasteiger partial charge in [-0.2, -0.15) is 0 Å². The third-order valence-electron chi connectivity index (χ3n) is 4.43. The van der Waals surface area contributed by atoms with Crippen LogP contribution in [0.1, 0.15) is 24.5 Å². The molecule has 6 nitrogen and oxygen atoms in total. The Morgan fingerprint density at radius 1 is 1.11 bits per heavy atom. The number of Topliss-reactive ketones (excluding diaryl/α,β-unsaturated/α-hetero) is 1. The minimum absolute atomic E-state index is 0.0207. The lowest BCUT2D eigenvalue weighted by atomic mass is 10.1. The molecule has 1 N–H and O–H groups in total. The Labute approximate surface area is 158 Å². The molecule has 3 rings (SSSR count). The fourth-order valence-corrected chi connectivity index (χ4v) is 3.14. The van der Waals surface area contributed by atoms with E-state index in [0.717, 1.165) is 16.8 Å². The van der Waals surface area contributed by atoms with Gasteiger partial charge >= 0.3 is 6.09 Å². The number of alkyl carbamates (subject to hydrolysis) is 1. The standard InChI is InChI=1S/C21H22N2O4/c1-15(24)13-23-19-10-6-5-9-17(19)11-12-18(20(23)25)22-21(26)27-14-16-7-3-2-4-8-16/h2-10,18H,11-14H2,1H3,(H,22,26). The molecule has 0 saturated heterocycles. The highest BCUT2D eigenvalue weighted by Crippen LogP contribution is 2.27. The smallest absolute Gasteiger partial charge is 0.408 e. The van der Waals surface area contributed by atoms with E-state index in [1.807, 2.05) is 54.6 Å². The number of fused-ring (bicyclic) bond motifs is 1. The first-order valence-corrected chi connectivity index (χ1v) is 8.90. The molecule has 2 aromatic rings. The Morgan fingerprint density at radius 3 is 2.56 bits per heavy atom. The van der Waals surface area contributed by atoms with E-state index in [-0.39, 0.29) is 24.8 Å². The molecule has 0 spiro atoms. The minimum atomic E-state index is -0.736. The van der Waals surface area contributed by atoms with Crippen molar-refractivity contribution in [1.82, 2.24) is 5.32 Å². The number of nitrogens with one attached hydrogen (secondary N) is 1. The number of benzene rings is 2. The van der Waals surface area contributed by atoms with Crippen molar-refractivity contribution in [3.8, 4) is 0 Å². The van der Waals surface area contributed by atoms with Crippen molar-refractivity contribution in [3.05, 3.63) is 65.7 Å². The van der Waals surface area contributed by atoms with Crippen molar-refractivity contribution in [3.63, 3.8) is 0 Å². The third-order valence-corrected chi connectivity index (χ3v) is 4.43. The largest absolute Gasteiger partial charge is 0.445 e.